The molecule has 1 aliphatic rings. The van der Waals surface area contributed by atoms with E-state index in [1.165, 1.54) is 12.1 Å². The first-order valence-corrected chi connectivity index (χ1v) is 13.9. The standard InChI is InChI=1S/C32H25F9N4O/c1-19-26(14-20-6-3-2-4-7-20)28(43-27(42-19)21-8-5-9-23(15-21)30(33,34)35)44-10-12-45(13-11-44)29(46)22-16-24(31(36,37)38)18-25(17-22)32(39,40)41/h2-9,15-18H,10-14H2,1H3. The van der Waals surface area contributed by atoms with Gasteiger partial charge in [0.05, 0.1) is 16.7 Å². The second-order valence-electron chi connectivity index (χ2n) is 10.7. The van der Waals surface area contributed by atoms with E-state index in [2.05, 4.69) is 9.97 Å². The Morgan fingerprint density at radius 3 is 1.85 bits per heavy atom. The van der Waals surface area contributed by atoms with Gasteiger partial charge in [-0.25, -0.2) is 9.97 Å². The zero-order chi connectivity index (χ0) is 33.4. The summed E-state index contributed by atoms with van der Waals surface area (Å²) < 4.78 is 121. The Morgan fingerprint density at radius 2 is 1.28 bits per heavy atom. The van der Waals surface area contributed by atoms with Crippen molar-refractivity contribution in [1.29, 1.82) is 0 Å². The van der Waals surface area contributed by atoms with Crippen molar-refractivity contribution in [3.05, 3.63) is 112 Å². The molecule has 4 aromatic rings. The van der Waals surface area contributed by atoms with Crippen molar-refractivity contribution in [2.45, 2.75) is 31.9 Å². The normalized spacial score (nSPS) is 14.5. The fourth-order valence-corrected chi connectivity index (χ4v) is 5.20. The molecule has 1 fully saturated rings. The molecule has 242 valence electrons. The third-order valence-electron chi connectivity index (χ3n) is 7.56. The van der Waals surface area contributed by atoms with Crippen LogP contribution in [0.1, 0.15) is 43.9 Å². The number of piperazine rings is 1. The number of nitrogens with zero attached hydrogens (tertiary/aromatic N) is 4. The predicted octanol–water partition coefficient (Wildman–Crippen LogP) is 8.06. The van der Waals surface area contributed by atoms with Crippen molar-refractivity contribution in [1.82, 2.24) is 14.9 Å². The first-order valence-electron chi connectivity index (χ1n) is 13.9. The Hall–Kier alpha value is -4.62. The number of halogens is 9. The molecule has 14 heteroatoms. The number of hydrogen-bond acceptors (Lipinski definition) is 4. The van der Waals surface area contributed by atoms with Crippen LogP contribution in [0.2, 0.25) is 0 Å². The smallest absolute Gasteiger partial charge is 0.353 e. The van der Waals surface area contributed by atoms with Crippen molar-refractivity contribution < 1.29 is 44.3 Å². The number of carbonyl (C=O) groups excluding carboxylic acids is 1. The second-order valence-corrected chi connectivity index (χ2v) is 10.7. The lowest BCUT2D eigenvalue weighted by atomic mass is 10.0. The monoisotopic (exact) mass is 652 g/mol. The molecular formula is C32H25F9N4O. The molecular weight excluding hydrogens is 627 g/mol. The third-order valence-corrected chi connectivity index (χ3v) is 7.56. The summed E-state index contributed by atoms with van der Waals surface area (Å²) in [5.74, 6) is -0.559. The van der Waals surface area contributed by atoms with Gasteiger partial charge in [0.1, 0.15) is 5.82 Å². The van der Waals surface area contributed by atoms with E-state index in [1.54, 1.807) is 11.8 Å². The van der Waals surface area contributed by atoms with Crippen LogP contribution in [-0.4, -0.2) is 47.0 Å². The topological polar surface area (TPSA) is 49.3 Å². The molecule has 0 N–H and O–H groups in total. The summed E-state index contributed by atoms with van der Waals surface area (Å²) in [6, 6.07) is 14.6. The van der Waals surface area contributed by atoms with E-state index in [9.17, 15) is 44.3 Å². The van der Waals surface area contributed by atoms with E-state index in [0.717, 1.165) is 22.6 Å². The molecule has 0 saturated carbocycles. The molecule has 0 radical (unpaired) electrons. The maximum absolute atomic E-state index is 13.4. The minimum atomic E-state index is -5.10. The minimum Gasteiger partial charge on any atom is -0.353 e. The molecule has 46 heavy (non-hydrogen) atoms. The van der Waals surface area contributed by atoms with Gasteiger partial charge in [-0.1, -0.05) is 42.5 Å². The van der Waals surface area contributed by atoms with Gasteiger partial charge in [0, 0.05) is 55.0 Å². The molecule has 1 aliphatic heterocycles. The Bertz CT molecular complexity index is 1690. The highest BCUT2D eigenvalue weighted by Gasteiger charge is 2.38. The van der Waals surface area contributed by atoms with Crippen molar-refractivity contribution in [3.63, 3.8) is 0 Å². The van der Waals surface area contributed by atoms with Crippen LogP contribution < -0.4 is 4.90 Å². The molecule has 5 nitrogen and oxygen atoms in total. The maximum Gasteiger partial charge on any atom is 0.416 e. The number of benzene rings is 3. The van der Waals surface area contributed by atoms with Crippen LogP contribution in [0.25, 0.3) is 11.4 Å². The fourth-order valence-electron chi connectivity index (χ4n) is 5.20. The first-order chi connectivity index (χ1) is 21.5. The van der Waals surface area contributed by atoms with Gasteiger partial charge in [-0.2, -0.15) is 39.5 Å². The molecule has 0 atom stereocenters. The summed E-state index contributed by atoms with van der Waals surface area (Å²) in [7, 11) is 0. The van der Waals surface area contributed by atoms with E-state index < -0.39 is 46.7 Å². The Kier molecular flexibility index (Phi) is 8.75. The van der Waals surface area contributed by atoms with Crippen molar-refractivity contribution in [3.8, 4) is 11.4 Å². The zero-order valence-electron chi connectivity index (χ0n) is 24.1. The number of amides is 1. The number of anilines is 1. The van der Waals surface area contributed by atoms with Crippen LogP contribution in [0.3, 0.4) is 0 Å². The minimum absolute atomic E-state index is 0.0393. The lowest BCUT2D eigenvalue weighted by Crippen LogP contribution is -2.49. The molecule has 0 bridgehead atoms. The third kappa shape index (κ3) is 7.26. The highest BCUT2D eigenvalue weighted by atomic mass is 19.4. The lowest BCUT2D eigenvalue weighted by Gasteiger charge is -2.36. The summed E-state index contributed by atoms with van der Waals surface area (Å²) in [4.78, 5) is 25.3. The lowest BCUT2D eigenvalue weighted by molar-refractivity contribution is -0.143. The quantitative estimate of drug-likeness (QED) is 0.205. The van der Waals surface area contributed by atoms with Gasteiger partial charge in [0.15, 0.2) is 5.82 Å². The Labute approximate surface area is 257 Å². The highest BCUT2D eigenvalue weighted by Crippen LogP contribution is 2.37. The van der Waals surface area contributed by atoms with E-state index in [-0.39, 0.29) is 43.6 Å². The van der Waals surface area contributed by atoms with Crippen LogP contribution in [0, 0.1) is 6.92 Å². The van der Waals surface area contributed by atoms with Crippen LogP contribution >= 0.6 is 0 Å². The molecule has 2 heterocycles. The van der Waals surface area contributed by atoms with Crippen LogP contribution in [0.4, 0.5) is 45.3 Å². The number of carbonyl (C=O) groups is 1. The van der Waals surface area contributed by atoms with Crippen LogP contribution in [0.15, 0.2) is 72.8 Å². The molecule has 1 aromatic heterocycles. The summed E-state index contributed by atoms with van der Waals surface area (Å²) in [5.41, 5.74) is -2.59. The summed E-state index contributed by atoms with van der Waals surface area (Å²) in [6.07, 6.45) is -14.4. The van der Waals surface area contributed by atoms with Gasteiger partial charge in [0.2, 0.25) is 0 Å². The largest absolute Gasteiger partial charge is 0.416 e. The molecule has 1 saturated heterocycles. The predicted molar refractivity (Wildman–Crippen MR) is 151 cm³/mol. The number of rotatable bonds is 5. The molecule has 5 rings (SSSR count). The summed E-state index contributed by atoms with van der Waals surface area (Å²) in [6.45, 7) is 1.76. The average Bonchev–Trinajstić information content (AvgIpc) is 3.01. The van der Waals surface area contributed by atoms with E-state index >= 15 is 0 Å². The zero-order valence-corrected chi connectivity index (χ0v) is 24.1. The number of alkyl halides is 9. The fraction of sp³-hybridized carbons (Fsp3) is 0.281. The van der Waals surface area contributed by atoms with Crippen LogP contribution in [-0.2, 0) is 24.9 Å². The van der Waals surface area contributed by atoms with E-state index in [0.29, 0.717) is 35.6 Å². The Morgan fingerprint density at radius 1 is 0.696 bits per heavy atom. The van der Waals surface area contributed by atoms with Crippen molar-refractivity contribution >= 4 is 11.7 Å². The molecule has 0 spiro atoms. The second kappa shape index (κ2) is 12.3. The van der Waals surface area contributed by atoms with Crippen molar-refractivity contribution in [2.24, 2.45) is 0 Å². The first kappa shape index (κ1) is 32.8. The van der Waals surface area contributed by atoms with Gasteiger partial charge >= 0.3 is 18.5 Å². The highest BCUT2D eigenvalue weighted by molar-refractivity contribution is 5.95. The molecule has 3 aromatic carbocycles. The van der Waals surface area contributed by atoms with Gasteiger partial charge in [-0.05, 0) is 42.8 Å². The van der Waals surface area contributed by atoms with E-state index in [4.69, 9.17) is 0 Å². The number of aryl methyl sites for hydroxylation is 1. The van der Waals surface area contributed by atoms with Crippen molar-refractivity contribution in [2.75, 3.05) is 31.1 Å². The molecule has 0 aliphatic carbocycles. The van der Waals surface area contributed by atoms with Gasteiger partial charge in [-0.3, -0.25) is 4.79 Å². The summed E-state index contributed by atoms with van der Waals surface area (Å²) in [5, 5.41) is 0. The SMILES string of the molecule is Cc1nc(-c2cccc(C(F)(F)F)c2)nc(N2CCN(C(=O)c3cc(C(F)(F)F)cc(C(F)(F)F)c3)CC2)c1Cc1ccccc1. The molecule has 1 amide bonds. The van der Waals surface area contributed by atoms with Gasteiger partial charge in [0.25, 0.3) is 5.91 Å². The number of hydrogen-bond donors (Lipinski definition) is 0. The van der Waals surface area contributed by atoms with E-state index in [1.807, 2.05) is 30.3 Å². The molecule has 0 unspecified atom stereocenters. The van der Waals surface area contributed by atoms with Gasteiger partial charge in [-0.15, -0.1) is 0 Å². The van der Waals surface area contributed by atoms with Crippen LogP contribution in [0.5, 0.6) is 0 Å². The van der Waals surface area contributed by atoms with Gasteiger partial charge < -0.3 is 9.80 Å². The maximum atomic E-state index is 13.4. The Balaban J connectivity index is 1.46. The summed E-state index contributed by atoms with van der Waals surface area (Å²) >= 11 is 0. The average molecular weight is 653 g/mol. The number of aromatic nitrogens is 2.